The number of fused-ring (bicyclic) bond motifs is 1. The van der Waals surface area contributed by atoms with Crippen LogP contribution in [0.15, 0.2) is 24.3 Å². The van der Waals surface area contributed by atoms with Crippen LogP contribution in [0.1, 0.15) is 65.0 Å². The lowest BCUT2D eigenvalue weighted by molar-refractivity contribution is -0.140. The summed E-state index contributed by atoms with van der Waals surface area (Å²) in [7, 11) is -1.75. The van der Waals surface area contributed by atoms with Gasteiger partial charge in [0.25, 0.3) is 7.59 Å². The van der Waals surface area contributed by atoms with Crippen LogP contribution in [0.3, 0.4) is 0 Å². The predicted octanol–water partition coefficient (Wildman–Crippen LogP) is 5.09. The summed E-state index contributed by atoms with van der Waals surface area (Å²) in [6, 6.07) is 7.47. The predicted molar refractivity (Wildman–Crippen MR) is 119 cm³/mol. The third kappa shape index (κ3) is 3.36. The smallest absolute Gasteiger partial charge is 0.325 e. The number of nitrogens with zero attached hydrogens (tertiary/aromatic N) is 3. The number of halogens is 1. The van der Waals surface area contributed by atoms with Gasteiger partial charge in [0.15, 0.2) is 0 Å². The van der Waals surface area contributed by atoms with Gasteiger partial charge in [0, 0.05) is 29.2 Å². The van der Waals surface area contributed by atoms with Crippen LogP contribution in [0.4, 0.5) is 0 Å². The summed E-state index contributed by atoms with van der Waals surface area (Å²) in [6.45, 7) is 8.48. The molecule has 166 valence electrons. The van der Waals surface area contributed by atoms with Crippen molar-refractivity contribution < 1.29 is 14.1 Å². The van der Waals surface area contributed by atoms with E-state index in [1.807, 2.05) is 28.9 Å². The zero-order valence-corrected chi connectivity index (χ0v) is 20.1. The van der Waals surface area contributed by atoms with Gasteiger partial charge in [-0.15, -0.1) is 0 Å². The Bertz CT molecular complexity index is 819. The number of esters is 1. The molecule has 8 heteroatoms. The Labute approximate surface area is 185 Å². The molecular formula is C22H33ClN3O3P. The van der Waals surface area contributed by atoms with Gasteiger partial charge >= 0.3 is 5.97 Å². The summed E-state index contributed by atoms with van der Waals surface area (Å²) in [4.78, 5) is 12.8. The fourth-order valence-electron chi connectivity index (χ4n) is 5.72. The Kier molecular flexibility index (Phi) is 6.10. The first-order valence-electron chi connectivity index (χ1n) is 11.0. The molecule has 2 saturated heterocycles. The SMILES string of the molecule is COC(=O)[C@@H]1[C@H](c2ccc(Cl)cc2)N1P1(=O)N(C(C)C)[C@@H]2CCCC[C@H]2N1C(C)C. The topological polar surface area (TPSA) is 52.9 Å². The molecule has 0 N–H and O–H groups in total. The molecule has 5 atom stereocenters. The van der Waals surface area contributed by atoms with Gasteiger partial charge in [0.2, 0.25) is 0 Å². The van der Waals surface area contributed by atoms with Crippen LogP contribution < -0.4 is 0 Å². The average molecular weight is 454 g/mol. The van der Waals surface area contributed by atoms with Gasteiger partial charge in [0.05, 0.1) is 13.2 Å². The zero-order valence-electron chi connectivity index (χ0n) is 18.5. The molecule has 2 aliphatic heterocycles. The minimum Gasteiger partial charge on any atom is -0.468 e. The van der Waals surface area contributed by atoms with E-state index in [4.69, 9.17) is 16.3 Å². The largest absolute Gasteiger partial charge is 0.468 e. The monoisotopic (exact) mass is 453 g/mol. The van der Waals surface area contributed by atoms with Crippen molar-refractivity contribution in [3.63, 3.8) is 0 Å². The quantitative estimate of drug-likeness (QED) is 0.351. The summed E-state index contributed by atoms with van der Waals surface area (Å²) < 4.78 is 26.7. The summed E-state index contributed by atoms with van der Waals surface area (Å²) in [5.41, 5.74) is 0.951. The van der Waals surface area contributed by atoms with E-state index in [1.54, 1.807) is 0 Å². The van der Waals surface area contributed by atoms with Crippen molar-refractivity contribution in [2.24, 2.45) is 0 Å². The highest BCUT2D eigenvalue weighted by atomic mass is 35.5. The Morgan fingerprint density at radius 1 is 1.03 bits per heavy atom. The molecule has 30 heavy (non-hydrogen) atoms. The number of hydrogen-bond acceptors (Lipinski definition) is 3. The van der Waals surface area contributed by atoms with E-state index in [0.717, 1.165) is 31.2 Å². The molecule has 3 fully saturated rings. The minimum atomic E-state index is -3.16. The molecule has 1 unspecified atom stereocenters. The molecule has 2 heterocycles. The molecule has 0 bridgehead atoms. The molecule has 0 amide bonds. The van der Waals surface area contributed by atoms with Crippen LogP contribution in [0, 0.1) is 0 Å². The Balaban J connectivity index is 1.81. The molecule has 1 saturated carbocycles. The molecule has 1 aliphatic carbocycles. The van der Waals surface area contributed by atoms with Gasteiger partial charge in [-0.05, 0) is 58.2 Å². The van der Waals surface area contributed by atoms with E-state index in [2.05, 4.69) is 37.0 Å². The van der Waals surface area contributed by atoms with Crippen molar-refractivity contribution >= 4 is 25.2 Å². The van der Waals surface area contributed by atoms with Crippen molar-refractivity contribution in [1.82, 2.24) is 14.0 Å². The summed E-state index contributed by atoms with van der Waals surface area (Å²) in [5, 5.41) is 0.645. The van der Waals surface area contributed by atoms with Crippen LogP contribution in [0.25, 0.3) is 0 Å². The van der Waals surface area contributed by atoms with E-state index >= 15 is 4.57 Å². The fraction of sp³-hybridized carbons (Fsp3) is 0.682. The number of rotatable bonds is 5. The van der Waals surface area contributed by atoms with Gasteiger partial charge in [-0.3, -0.25) is 9.36 Å². The molecule has 1 aromatic carbocycles. The van der Waals surface area contributed by atoms with Gasteiger partial charge in [-0.1, -0.05) is 36.6 Å². The third-order valence-corrected chi connectivity index (χ3v) is 10.8. The highest BCUT2D eigenvalue weighted by Crippen LogP contribution is 2.75. The molecule has 0 radical (unpaired) electrons. The summed E-state index contributed by atoms with van der Waals surface area (Å²) in [6.07, 6.45) is 4.44. The molecule has 1 aromatic rings. The standard InChI is InChI=1S/C22H33ClN3O3P/c1-14(2)24-18-8-6-7-9-19(18)25(15(3)4)30(24,28)26-20(21(26)22(27)29-5)16-10-12-17(23)13-11-16/h10-15,18-21H,6-9H2,1-5H3/t18-,19-,20+,21+,26?/m1/s1. The van der Waals surface area contributed by atoms with E-state index in [1.165, 1.54) is 7.11 Å². The molecule has 3 aliphatic rings. The molecule has 6 nitrogen and oxygen atoms in total. The zero-order chi connectivity index (χ0) is 21.8. The van der Waals surface area contributed by atoms with Crippen molar-refractivity contribution in [3.05, 3.63) is 34.9 Å². The lowest BCUT2D eigenvalue weighted by Crippen LogP contribution is -2.43. The molecule has 0 spiro atoms. The first-order valence-corrected chi connectivity index (χ1v) is 13.0. The molecule has 0 aromatic heterocycles. The van der Waals surface area contributed by atoms with Crippen molar-refractivity contribution in [1.29, 1.82) is 0 Å². The first kappa shape index (κ1) is 22.3. The fourth-order valence-corrected chi connectivity index (χ4v) is 10.1. The number of carbonyl (C=O) groups excluding carboxylic acids is 1. The third-order valence-electron chi connectivity index (χ3n) is 6.77. The number of ether oxygens (including phenoxy) is 1. The molecule has 4 rings (SSSR count). The molecular weight excluding hydrogens is 421 g/mol. The van der Waals surface area contributed by atoms with Crippen LogP contribution >= 0.6 is 19.2 Å². The maximum absolute atomic E-state index is 15.1. The second-order valence-corrected chi connectivity index (χ2v) is 12.1. The van der Waals surface area contributed by atoms with E-state index < -0.39 is 13.6 Å². The van der Waals surface area contributed by atoms with E-state index in [0.29, 0.717) is 5.02 Å². The lowest BCUT2D eigenvalue weighted by Gasteiger charge is -2.37. The number of carbonyl (C=O) groups is 1. The first-order chi connectivity index (χ1) is 14.2. The van der Waals surface area contributed by atoms with Crippen LogP contribution in [-0.4, -0.2) is 57.3 Å². The van der Waals surface area contributed by atoms with Gasteiger partial charge in [-0.2, -0.15) is 0 Å². The maximum Gasteiger partial charge on any atom is 0.325 e. The van der Waals surface area contributed by atoms with Crippen LogP contribution in [-0.2, 0) is 14.1 Å². The average Bonchev–Trinajstić information content (AvgIpc) is 3.39. The Hall–Kier alpha value is -0.910. The normalized spacial score (nSPS) is 33.7. The van der Waals surface area contributed by atoms with Crippen LogP contribution in [0.5, 0.6) is 0 Å². The van der Waals surface area contributed by atoms with Gasteiger partial charge < -0.3 is 4.74 Å². The van der Waals surface area contributed by atoms with E-state index in [-0.39, 0.29) is 36.2 Å². The number of benzene rings is 1. The van der Waals surface area contributed by atoms with Crippen molar-refractivity contribution in [3.8, 4) is 0 Å². The number of hydrogen-bond donors (Lipinski definition) is 0. The van der Waals surface area contributed by atoms with Crippen molar-refractivity contribution in [2.75, 3.05) is 7.11 Å². The second kappa shape index (κ2) is 8.22. The number of methoxy groups -OCH3 is 1. The Morgan fingerprint density at radius 2 is 1.53 bits per heavy atom. The lowest BCUT2D eigenvalue weighted by atomic mass is 9.89. The summed E-state index contributed by atoms with van der Waals surface area (Å²) >= 11 is 6.09. The van der Waals surface area contributed by atoms with Crippen LogP contribution in [0.2, 0.25) is 5.02 Å². The maximum atomic E-state index is 15.1. The highest BCUT2D eigenvalue weighted by molar-refractivity contribution is 7.57. The summed E-state index contributed by atoms with van der Waals surface area (Å²) in [5.74, 6) is -0.326. The van der Waals surface area contributed by atoms with Crippen molar-refractivity contribution in [2.45, 2.75) is 89.6 Å². The van der Waals surface area contributed by atoms with Gasteiger partial charge in [-0.25, -0.2) is 14.0 Å². The second-order valence-electron chi connectivity index (χ2n) is 9.22. The Morgan fingerprint density at radius 3 is 1.97 bits per heavy atom. The van der Waals surface area contributed by atoms with Gasteiger partial charge in [0.1, 0.15) is 6.04 Å². The minimum absolute atomic E-state index is 0.120. The van der Waals surface area contributed by atoms with E-state index in [9.17, 15) is 4.79 Å². The highest BCUT2D eigenvalue weighted by Gasteiger charge is 2.70.